The van der Waals surface area contributed by atoms with Gasteiger partial charge in [0.15, 0.2) is 0 Å². The molecule has 3 aromatic rings. The van der Waals surface area contributed by atoms with Crippen LogP contribution >= 0.6 is 23.1 Å². The molecule has 0 saturated heterocycles. The van der Waals surface area contributed by atoms with Crippen molar-refractivity contribution in [2.75, 3.05) is 13.0 Å². The zero-order chi connectivity index (χ0) is 15.7. The van der Waals surface area contributed by atoms with E-state index in [1.807, 2.05) is 53.5 Å². The van der Waals surface area contributed by atoms with Crippen LogP contribution in [0.25, 0.3) is 21.3 Å². The van der Waals surface area contributed by atoms with E-state index in [0.29, 0.717) is 5.75 Å². The van der Waals surface area contributed by atoms with E-state index in [9.17, 15) is 4.79 Å². The van der Waals surface area contributed by atoms with Crippen LogP contribution in [0.15, 0.2) is 42.5 Å². The fourth-order valence-electron chi connectivity index (χ4n) is 2.45. The highest BCUT2D eigenvalue weighted by Crippen LogP contribution is 2.27. The summed E-state index contributed by atoms with van der Waals surface area (Å²) in [5.74, 6) is 0.451. The Morgan fingerprint density at radius 3 is 2.59 bits per heavy atom. The molecule has 4 nitrogen and oxygen atoms in total. The lowest BCUT2D eigenvalue weighted by molar-refractivity contribution is 0.0949. The van der Waals surface area contributed by atoms with Gasteiger partial charge in [-0.1, -0.05) is 23.7 Å². The third-order valence-electron chi connectivity index (χ3n) is 3.47. The molecule has 0 N–H and O–H groups in total. The highest BCUT2D eigenvalue weighted by molar-refractivity contribution is 7.13. The molecule has 114 valence electrons. The number of ether oxygens (including phenoxy) is 1. The van der Waals surface area contributed by atoms with Gasteiger partial charge in [-0.25, -0.2) is 0 Å². The first-order chi connectivity index (χ1) is 10.7. The zero-order valence-electron chi connectivity index (χ0n) is 12.2. The lowest BCUT2D eigenvalue weighted by Gasteiger charge is -2.08. The van der Waals surface area contributed by atoms with Crippen molar-refractivity contribution in [1.29, 1.82) is 0 Å². The number of halogens is 1. The molecule has 2 aromatic carbocycles. The van der Waals surface area contributed by atoms with Gasteiger partial charge in [0, 0.05) is 13.1 Å². The van der Waals surface area contributed by atoms with Crippen molar-refractivity contribution in [2.45, 2.75) is 0 Å². The average molecular weight is 335 g/mol. The lowest BCUT2D eigenvalue weighted by Crippen LogP contribution is -2.13. The highest BCUT2D eigenvalue weighted by atomic mass is 35.5. The monoisotopic (exact) mass is 334 g/mol. The van der Waals surface area contributed by atoms with Gasteiger partial charge in [-0.15, -0.1) is 11.6 Å². The van der Waals surface area contributed by atoms with Gasteiger partial charge in [-0.2, -0.15) is 0 Å². The molecular weight excluding hydrogens is 320 g/mol. The van der Waals surface area contributed by atoms with E-state index >= 15 is 0 Å². The van der Waals surface area contributed by atoms with Gasteiger partial charge in [0.1, 0.15) is 11.6 Å². The second-order valence-corrected chi connectivity index (χ2v) is 6.21. The van der Waals surface area contributed by atoms with Crippen LogP contribution in [-0.2, 0) is 7.05 Å². The Hall–Kier alpha value is -1.98. The highest BCUT2D eigenvalue weighted by Gasteiger charge is 2.12. The van der Waals surface area contributed by atoms with Gasteiger partial charge in [0.2, 0.25) is 5.91 Å². The largest absolute Gasteiger partial charge is 0.497 e. The number of hydrogen-bond donors (Lipinski definition) is 0. The molecular formula is C16H15ClN2O2S. The van der Waals surface area contributed by atoms with E-state index in [1.165, 1.54) is 0 Å². The van der Waals surface area contributed by atoms with Crippen LogP contribution < -0.4 is 4.74 Å². The second-order valence-electron chi connectivity index (χ2n) is 4.77. The molecule has 0 amide bonds. The Kier molecular flexibility index (Phi) is 4.09. The molecule has 0 fully saturated rings. The molecule has 0 aliphatic heterocycles. The minimum atomic E-state index is -0.167. The van der Waals surface area contributed by atoms with E-state index in [1.54, 1.807) is 23.2 Å². The molecule has 3 rings (SSSR count). The Labute approximate surface area is 136 Å². The van der Waals surface area contributed by atoms with Crippen molar-refractivity contribution in [2.24, 2.45) is 7.05 Å². The van der Waals surface area contributed by atoms with E-state index in [-0.39, 0.29) is 11.8 Å². The van der Waals surface area contributed by atoms with Gasteiger partial charge in [0.05, 0.1) is 28.4 Å². The summed E-state index contributed by atoms with van der Waals surface area (Å²) >= 11 is 7.41. The lowest BCUT2D eigenvalue weighted by atomic mass is 10.2. The minimum Gasteiger partial charge on any atom is -0.497 e. The standard InChI is InChI=1S/C16H15ClN2O2S/c1-18-12-5-3-4-6-13(12)19(16(20)10-17)14-9-11(21-2)7-8-15(14)22-18/h3-9H,10H2,1-2H3. The molecule has 0 aliphatic carbocycles. The summed E-state index contributed by atoms with van der Waals surface area (Å²) in [7, 11) is 3.59. The van der Waals surface area contributed by atoms with Crippen molar-refractivity contribution in [3.05, 3.63) is 42.5 Å². The van der Waals surface area contributed by atoms with Crippen molar-refractivity contribution in [1.82, 2.24) is 8.52 Å². The number of rotatable bonds is 2. The van der Waals surface area contributed by atoms with Crippen molar-refractivity contribution < 1.29 is 9.53 Å². The van der Waals surface area contributed by atoms with Crippen LogP contribution in [0.1, 0.15) is 4.79 Å². The molecule has 6 heteroatoms. The molecule has 0 atom stereocenters. The fourth-order valence-corrected chi connectivity index (χ4v) is 3.49. The summed E-state index contributed by atoms with van der Waals surface area (Å²) in [5, 5.41) is 0. The van der Waals surface area contributed by atoms with Crippen molar-refractivity contribution in [3.8, 4) is 5.75 Å². The Morgan fingerprint density at radius 2 is 1.91 bits per heavy atom. The minimum absolute atomic E-state index is 0.0840. The molecule has 0 radical (unpaired) electrons. The smallest absolute Gasteiger partial charge is 0.246 e. The number of aromatic nitrogens is 2. The van der Waals surface area contributed by atoms with Gasteiger partial charge in [-0.05, 0) is 24.3 Å². The van der Waals surface area contributed by atoms with Crippen molar-refractivity contribution >= 4 is 50.3 Å². The zero-order valence-corrected chi connectivity index (χ0v) is 13.8. The topological polar surface area (TPSA) is 36.2 Å². The van der Waals surface area contributed by atoms with Crippen LogP contribution in [0.3, 0.4) is 0 Å². The number of hydrogen-bond acceptors (Lipinski definition) is 3. The number of fused-ring (bicyclic) bond motifs is 2. The summed E-state index contributed by atoms with van der Waals surface area (Å²) in [4.78, 5) is 12.5. The molecule has 1 heterocycles. The van der Waals surface area contributed by atoms with Gasteiger partial charge in [0.25, 0.3) is 0 Å². The molecule has 0 saturated carbocycles. The molecule has 1 aromatic heterocycles. The number of para-hydroxylation sites is 2. The fraction of sp³-hybridized carbons (Fsp3) is 0.188. The van der Waals surface area contributed by atoms with Gasteiger partial charge < -0.3 is 4.74 Å². The summed E-state index contributed by atoms with van der Waals surface area (Å²) in [6.45, 7) is 0. The number of aryl methyl sites for hydroxylation is 1. The SMILES string of the molecule is COc1ccc2sn(C)c3ccccc3n(C(=O)CCl)c2c1. The van der Waals surface area contributed by atoms with E-state index in [4.69, 9.17) is 16.3 Å². The summed E-state index contributed by atoms with van der Waals surface area (Å²) in [6, 6.07) is 13.5. The molecule has 0 unspecified atom stereocenters. The number of benzene rings is 2. The predicted octanol–water partition coefficient (Wildman–Crippen LogP) is 4.21. The first-order valence-corrected chi connectivity index (χ1v) is 8.04. The Bertz CT molecular complexity index is 906. The Morgan fingerprint density at radius 1 is 1.18 bits per heavy atom. The number of nitrogens with zero attached hydrogens (tertiary/aromatic N) is 2. The van der Waals surface area contributed by atoms with E-state index in [0.717, 1.165) is 21.3 Å². The quantitative estimate of drug-likeness (QED) is 0.658. The van der Waals surface area contributed by atoms with Crippen LogP contribution in [0.5, 0.6) is 5.75 Å². The third-order valence-corrected chi connectivity index (χ3v) is 4.71. The van der Waals surface area contributed by atoms with E-state index < -0.39 is 0 Å². The van der Waals surface area contributed by atoms with Crippen LogP contribution in [0, 0.1) is 0 Å². The van der Waals surface area contributed by atoms with Crippen LogP contribution in [0.4, 0.5) is 0 Å². The average Bonchev–Trinajstić information content (AvgIpc) is 2.68. The predicted molar refractivity (Wildman–Crippen MR) is 91.8 cm³/mol. The number of carbonyl (C=O) groups is 1. The molecule has 0 spiro atoms. The number of alkyl halides is 1. The number of carbonyl (C=O) groups excluding carboxylic acids is 1. The summed E-state index contributed by atoms with van der Waals surface area (Å²) < 4.78 is 9.98. The van der Waals surface area contributed by atoms with Gasteiger partial charge >= 0.3 is 0 Å². The normalized spacial score (nSPS) is 10.9. The molecule has 22 heavy (non-hydrogen) atoms. The Balaban J connectivity index is 2.60. The summed E-state index contributed by atoms with van der Waals surface area (Å²) in [5.41, 5.74) is 2.56. The van der Waals surface area contributed by atoms with Crippen LogP contribution in [-0.4, -0.2) is 27.4 Å². The van der Waals surface area contributed by atoms with Gasteiger partial charge in [-0.3, -0.25) is 13.3 Å². The first-order valence-electron chi connectivity index (χ1n) is 6.73. The third kappa shape index (κ3) is 2.46. The number of methoxy groups -OCH3 is 1. The molecule has 0 aliphatic rings. The maximum absolute atomic E-state index is 12.5. The van der Waals surface area contributed by atoms with E-state index in [2.05, 4.69) is 0 Å². The maximum atomic E-state index is 12.5. The molecule has 0 bridgehead atoms. The van der Waals surface area contributed by atoms with Crippen LogP contribution in [0.2, 0.25) is 0 Å². The van der Waals surface area contributed by atoms with Crippen molar-refractivity contribution in [3.63, 3.8) is 0 Å². The maximum Gasteiger partial charge on any atom is 0.246 e. The first kappa shape index (κ1) is 14.9. The second kappa shape index (κ2) is 6.02. The summed E-state index contributed by atoms with van der Waals surface area (Å²) in [6.07, 6.45) is 0.